The largest absolute Gasteiger partial charge is 0.495 e. The molecule has 0 radical (unpaired) electrons. The van der Waals surface area contributed by atoms with Crippen molar-refractivity contribution in [3.8, 4) is 5.75 Å². The van der Waals surface area contributed by atoms with Crippen LogP contribution in [-0.4, -0.2) is 18.0 Å². The average molecular weight is 263 g/mol. The molecule has 1 amide bonds. The van der Waals surface area contributed by atoms with Crippen molar-refractivity contribution in [2.24, 2.45) is 0 Å². The summed E-state index contributed by atoms with van der Waals surface area (Å²) in [6.07, 6.45) is 0. The predicted octanol–water partition coefficient (Wildman–Crippen LogP) is 1.66. The van der Waals surface area contributed by atoms with Gasteiger partial charge in [-0.05, 0) is 12.1 Å². The Kier molecular flexibility index (Phi) is 3.78. The summed E-state index contributed by atoms with van der Waals surface area (Å²) in [6.45, 7) is 0.388. The van der Waals surface area contributed by atoms with Gasteiger partial charge in [-0.15, -0.1) is 11.3 Å². The van der Waals surface area contributed by atoms with Crippen molar-refractivity contribution in [2.45, 2.75) is 6.54 Å². The Morgan fingerprint density at radius 2 is 2.39 bits per heavy atom. The summed E-state index contributed by atoms with van der Waals surface area (Å²) in [6, 6.07) is 5.10. The molecule has 18 heavy (non-hydrogen) atoms. The van der Waals surface area contributed by atoms with Crippen LogP contribution in [0.2, 0.25) is 0 Å². The monoisotopic (exact) mass is 263 g/mol. The highest BCUT2D eigenvalue weighted by molar-refractivity contribution is 7.07. The third-order valence-corrected chi connectivity index (χ3v) is 3.08. The zero-order valence-corrected chi connectivity index (χ0v) is 10.7. The van der Waals surface area contributed by atoms with Gasteiger partial charge in [0.05, 0.1) is 36.1 Å². The lowest BCUT2D eigenvalue weighted by Crippen LogP contribution is -2.24. The molecule has 0 saturated carbocycles. The molecule has 0 saturated heterocycles. The third kappa shape index (κ3) is 2.60. The number of nitrogens with zero attached hydrogens (tertiary/aromatic N) is 1. The number of aromatic nitrogens is 1. The van der Waals surface area contributed by atoms with Crippen LogP contribution in [0, 0.1) is 0 Å². The SMILES string of the molecule is COc1cccc(C(=O)NCc2cscn2)c1N. The molecule has 94 valence electrons. The molecule has 2 rings (SSSR count). The normalized spacial score (nSPS) is 10.1. The highest BCUT2D eigenvalue weighted by atomic mass is 32.1. The van der Waals surface area contributed by atoms with E-state index in [4.69, 9.17) is 10.5 Å². The highest BCUT2D eigenvalue weighted by Gasteiger charge is 2.12. The number of carbonyl (C=O) groups is 1. The summed E-state index contributed by atoms with van der Waals surface area (Å²) >= 11 is 1.49. The number of hydrogen-bond donors (Lipinski definition) is 2. The molecule has 0 bridgehead atoms. The molecule has 3 N–H and O–H groups in total. The van der Waals surface area contributed by atoms with Crippen molar-refractivity contribution < 1.29 is 9.53 Å². The van der Waals surface area contributed by atoms with E-state index < -0.39 is 0 Å². The van der Waals surface area contributed by atoms with Crippen molar-refractivity contribution in [3.63, 3.8) is 0 Å². The zero-order valence-electron chi connectivity index (χ0n) is 9.84. The van der Waals surface area contributed by atoms with Gasteiger partial charge >= 0.3 is 0 Å². The van der Waals surface area contributed by atoms with E-state index >= 15 is 0 Å². The van der Waals surface area contributed by atoms with Crippen molar-refractivity contribution in [2.75, 3.05) is 12.8 Å². The molecule has 0 unspecified atom stereocenters. The van der Waals surface area contributed by atoms with Crippen LogP contribution in [0.3, 0.4) is 0 Å². The molecule has 2 aromatic rings. The van der Waals surface area contributed by atoms with E-state index in [0.717, 1.165) is 5.69 Å². The average Bonchev–Trinajstić information content (AvgIpc) is 2.89. The van der Waals surface area contributed by atoms with Gasteiger partial charge in [-0.3, -0.25) is 4.79 Å². The number of ether oxygens (including phenoxy) is 1. The molecule has 1 aromatic heterocycles. The first-order valence-electron chi connectivity index (χ1n) is 5.30. The van der Waals surface area contributed by atoms with E-state index in [-0.39, 0.29) is 5.91 Å². The minimum absolute atomic E-state index is 0.237. The van der Waals surface area contributed by atoms with E-state index in [1.807, 2.05) is 5.38 Å². The van der Waals surface area contributed by atoms with Gasteiger partial charge in [-0.25, -0.2) is 4.98 Å². The first-order valence-corrected chi connectivity index (χ1v) is 6.24. The smallest absolute Gasteiger partial charge is 0.253 e. The van der Waals surface area contributed by atoms with E-state index in [1.54, 1.807) is 23.7 Å². The molecule has 0 aliphatic carbocycles. The Hall–Kier alpha value is -2.08. The summed E-state index contributed by atoms with van der Waals surface area (Å²) in [4.78, 5) is 16.0. The Morgan fingerprint density at radius 3 is 3.06 bits per heavy atom. The fraction of sp³-hybridized carbons (Fsp3) is 0.167. The Balaban J connectivity index is 2.09. The molecule has 0 atom stereocenters. The molecule has 6 heteroatoms. The topological polar surface area (TPSA) is 77.2 Å². The maximum atomic E-state index is 12.0. The lowest BCUT2D eigenvalue weighted by Gasteiger charge is -2.09. The van der Waals surface area contributed by atoms with Crippen LogP contribution in [-0.2, 0) is 6.54 Å². The minimum atomic E-state index is -0.237. The number of methoxy groups -OCH3 is 1. The van der Waals surface area contributed by atoms with Gasteiger partial charge in [0, 0.05) is 5.38 Å². The molecular weight excluding hydrogens is 250 g/mol. The van der Waals surface area contributed by atoms with Crippen LogP contribution in [0.4, 0.5) is 5.69 Å². The quantitative estimate of drug-likeness (QED) is 0.822. The second-order valence-corrected chi connectivity index (χ2v) is 4.30. The van der Waals surface area contributed by atoms with Crippen LogP contribution < -0.4 is 15.8 Å². The number of thiazole rings is 1. The van der Waals surface area contributed by atoms with Gasteiger partial charge in [0.1, 0.15) is 5.75 Å². The number of hydrogen-bond acceptors (Lipinski definition) is 5. The minimum Gasteiger partial charge on any atom is -0.495 e. The zero-order chi connectivity index (χ0) is 13.0. The van der Waals surface area contributed by atoms with E-state index in [2.05, 4.69) is 10.3 Å². The van der Waals surface area contributed by atoms with Crippen LogP contribution in [0.1, 0.15) is 16.1 Å². The Bertz CT molecular complexity index is 540. The standard InChI is InChI=1S/C12H13N3O2S/c1-17-10-4-2-3-9(11(10)13)12(16)14-5-8-6-18-7-15-8/h2-4,6-7H,5,13H2,1H3,(H,14,16). The summed E-state index contributed by atoms with van der Waals surface area (Å²) in [5.41, 5.74) is 9.15. The second-order valence-electron chi connectivity index (χ2n) is 3.58. The van der Waals surface area contributed by atoms with E-state index in [1.165, 1.54) is 18.4 Å². The molecule has 0 aliphatic heterocycles. The third-order valence-electron chi connectivity index (χ3n) is 2.44. The lowest BCUT2D eigenvalue weighted by molar-refractivity contribution is 0.0951. The number of amides is 1. The van der Waals surface area contributed by atoms with Crippen molar-refractivity contribution >= 4 is 22.9 Å². The van der Waals surface area contributed by atoms with Crippen molar-refractivity contribution in [3.05, 3.63) is 40.3 Å². The van der Waals surface area contributed by atoms with E-state index in [0.29, 0.717) is 23.5 Å². The number of nitrogens with one attached hydrogen (secondary N) is 1. The van der Waals surface area contributed by atoms with Gasteiger partial charge in [-0.2, -0.15) is 0 Å². The second kappa shape index (κ2) is 5.50. The fourth-order valence-corrected chi connectivity index (χ4v) is 2.07. The first-order chi connectivity index (χ1) is 8.72. The number of anilines is 1. The van der Waals surface area contributed by atoms with E-state index in [9.17, 15) is 4.79 Å². The number of nitrogen functional groups attached to an aromatic ring is 1. The van der Waals surface area contributed by atoms with Crippen LogP contribution in [0.15, 0.2) is 29.1 Å². The van der Waals surface area contributed by atoms with Crippen LogP contribution in [0.5, 0.6) is 5.75 Å². The number of nitrogens with two attached hydrogens (primary N) is 1. The van der Waals surface area contributed by atoms with Crippen molar-refractivity contribution in [1.82, 2.24) is 10.3 Å². The molecule has 0 aliphatic rings. The summed E-state index contributed by atoms with van der Waals surface area (Å²) < 4.78 is 5.07. The Morgan fingerprint density at radius 1 is 1.56 bits per heavy atom. The predicted molar refractivity (Wildman–Crippen MR) is 70.7 cm³/mol. The van der Waals surface area contributed by atoms with Gasteiger partial charge in [-0.1, -0.05) is 6.07 Å². The molecule has 5 nitrogen and oxygen atoms in total. The summed E-state index contributed by atoms with van der Waals surface area (Å²) in [5.74, 6) is 0.260. The van der Waals surface area contributed by atoms with Gasteiger partial charge in [0.2, 0.25) is 0 Å². The summed E-state index contributed by atoms with van der Waals surface area (Å²) in [5, 5.41) is 4.65. The molecule has 0 spiro atoms. The van der Waals surface area contributed by atoms with Gasteiger partial charge in [0.15, 0.2) is 0 Å². The molecule has 1 aromatic carbocycles. The summed E-state index contributed by atoms with van der Waals surface area (Å²) in [7, 11) is 1.52. The maximum absolute atomic E-state index is 12.0. The molecular formula is C12H13N3O2S. The lowest BCUT2D eigenvalue weighted by atomic mass is 10.1. The maximum Gasteiger partial charge on any atom is 0.253 e. The number of para-hydroxylation sites is 1. The number of carbonyl (C=O) groups excluding carboxylic acids is 1. The molecule has 0 fully saturated rings. The fourth-order valence-electron chi connectivity index (χ4n) is 1.51. The van der Waals surface area contributed by atoms with Gasteiger partial charge < -0.3 is 15.8 Å². The number of rotatable bonds is 4. The highest BCUT2D eigenvalue weighted by Crippen LogP contribution is 2.24. The van der Waals surface area contributed by atoms with Crippen LogP contribution in [0.25, 0.3) is 0 Å². The first kappa shape index (κ1) is 12.4. The van der Waals surface area contributed by atoms with Crippen molar-refractivity contribution in [1.29, 1.82) is 0 Å². The van der Waals surface area contributed by atoms with Crippen LogP contribution >= 0.6 is 11.3 Å². The Labute approximate surface area is 109 Å². The number of benzene rings is 1. The van der Waals surface area contributed by atoms with Gasteiger partial charge in [0.25, 0.3) is 5.91 Å². The molecule has 1 heterocycles.